The van der Waals surface area contributed by atoms with Gasteiger partial charge in [-0.25, -0.2) is 0 Å². The van der Waals surface area contributed by atoms with Crippen LogP contribution in [0.1, 0.15) is 0 Å². The highest BCUT2D eigenvalue weighted by Gasteiger charge is 2.09. The van der Waals surface area contributed by atoms with E-state index in [-0.39, 0.29) is 0 Å². The standard InChI is InChI=1S/C12H10BCl2N/c14-13(15)16-12-9-5-4-8-11(12)10-6-2-1-3-7-10/h1-9,16H. The van der Waals surface area contributed by atoms with Gasteiger partial charge in [-0.3, -0.25) is 0 Å². The van der Waals surface area contributed by atoms with E-state index in [1.54, 1.807) is 0 Å². The summed E-state index contributed by atoms with van der Waals surface area (Å²) in [5.74, 6) is 0. The molecule has 2 aromatic carbocycles. The number of hydrogen-bond acceptors (Lipinski definition) is 1. The number of para-hydroxylation sites is 1. The minimum Gasteiger partial charge on any atom is -0.401 e. The molecule has 0 saturated carbocycles. The molecule has 0 spiro atoms. The number of nitrogens with one attached hydrogen (secondary N) is 1. The van der Waals surface area contributed by atoms with Crippen molar-refractivity contribution < 1.29 is 0 Å². The molecule has 4 heteroatoms. The topological polar surface area (TPSA) is 12.0 Å². The first-order valence-corrected chi connectivity index (χ1v) is 5.84. The Labute approximate surface area is 105 Å². The summed E-state index contributed by atoms with van der Waals surface area (Å²) >= 11 is 11.5. The first-order valence-electron chi connectivity index (χ1n) is 4.96. The van der Waals surface area contributed by atoms with E-state index in [1.807, 2.05) is 42.5 Å². The van der Waals surface area contributed by atoms with Gasteiger partial charge in [0.15, 0.2) is 0 Å². The summed E-state index contributed by atoms with van der Waals surface area (Å²) < 4.78 is 0. The molecule has 2 aromatic rings. The van der Waals surface area contributed by atoms with Gasteiger partial charge in [0.25, 0.3) is 0 Å². The van der Waals surface area contributed by atoms with Crippen molar-refractivity contribution in [3.63, 3.8) is 0 Å². The molecule has 0 aliphatic carbocycles. The Balaban J connectivity index is 2.41. The van der Waals surface area contributed by atoms with Crippen LogP contribution in [0, 0.1) is 0 Å². The van der Waals surface area contributed by atoms with E-state index in [4.69, 9.17) is 22.9 Å². The van der Waals surface area contributed by atoms with Gasteiger partial charge in [0.05, 0.1) is 0 Å². The maximum atomic E-state index is 5.73. The summed E-state index contributed by atoms with van der Waals surface area (Å²) in [6, 6.07) is 18.0. The zero-order valence-corrected chi connectivity index (χ0v) is 10.0. The van der Waals surface area contributed by atoms with Gasteiger partial charge in [-0.05, 0) is 11.6 Å². The molecule has 0 saturated heterocycles. The van der Waals surface area contributed by atoms with Crippen molar-refractivity contribution >= 4 is 34.3 Å². The quantitative estimate of drug-likeness (QED) is 0.803. The Morgan fingerprint density at radius 3 is 2.12 bits per heavy atom. The lowest BCUT2D eigenvalue weighted by molar-refractivity contribution is 1.60. The van der Waals surface area contributed by atoms with Crippen molar-refractivity contribution in [3.8, 4) is 11.1 Å². The van der Waals surface area contributed by atoms with Crippen molar-refractivity contribution in [3.05, 3.63) is 54.6 Å². The minimum absolute atomic E-state index is 0.607. The SMILES string of the molecule is ClB(Cl)Nc1ccccc1-c1ccccc1. The summed E-state index contributed by atoms with van der Waals surface area (Å²) in [4.78, 5) is 0. The maximum Gasteiger partial charge on any atom is 0.464 e. The third kappa shape index (κ3) is 2.72. The molecule has 0 heterocycles. The summed E-state index contributed by atoms with van der Waals surface area (Å²) in [6.07, 6.45) is 0. The van der Waals surface area contributed by atoms with Crippen molar-refractivity contribution in [1.29, 1.82) is 0 Å². The zero-order valence-electron chi connectivity index (χ0n) is 8.53. The van der Waals surface area contributed by atoms with Gasteiger partial charge >= 0.3 is 5.68 Å². The molecule has 0 amide bonds. The number of anilines is 1. The molecule has 1 nitrogen and oxygen atoms in total. The molecule has 2 rings (SSSR count). The molecule has 0 aliphatic rings. The summed E-state index contributed by atoms with van der Waals surface area (Å²) in [5, 5.41) is 3.00. The number of hydrogen-bond donors (Lipinski definition) is 1. The van der Waals surface area contributed by atoms with Crippen molar-refractivity contribution in [2.75, 3.05) is 5.23 Å². The fraction of sp³-hybridized carbons (Fsp3) is 0. The smallest absolute Gasteiger partial charge is 0.401 e. The predicted molar refractivity (Wildman–Crippen MR) is 73.0 cm³/mol. The zero-order chi connectivity index (χ0) is 11.4. The lowest BCUT2D eigenvalue weighted by Gasteiger charge is -2.11. The van der Waals surface area contributed by atoms with E-state index in [9.17, 15) is 0 Å². The van der Waals surface area contributed by atoms with Gasteiger partial charge in [-0.2, -0.15) is 0 Å². The van der Waals surface area contributed by atoms with Crippen LogP contribution in [0.4, 0.5) is 5.69 Å². The molecular weight excluding hydrogens is 240 g/mol. The van der Waals surface area contributed by atoms with E-state index < -0.39 is 5.68 Å². The van der Waals surface area contributed by atoms with E-state index in [0.717, 1.165) is 16.8 Å². The molecule has 0 aliphatic heterocycles. The second kappa shape index (κ2) is 5.28. The number of halogens is 2. The Bertz CT molecular complexity index is 460. The second-order valence-corrected chi connectivity index (χ2v) is 4.45. The van der Waals surface area contributed by atoms with Crippen LogP contribution in [0.5, 0.6) is 0 Å². The van der Waals surface area contributed by atoms with Gasteiger partial charge in [0, 0.05) is 11.3 Å². The Morgan fingerprint density at radius 1 is 0.812 bits per heavy atom. The molecule has 16 heavy (non-hydrogen) atoms. The van der Waals surface area contributed by atoms with Crippen LogP contribution in [-0.4, -0.2) is 5.68 Å². The van der Waals surface area contributed by atoms with Crippen molar-refractivity contribution in [2.45, 2.75) is 0 Å². The summed E-state index contributed by atoms with van der Waals surface area (Å²) in [7, 11) is 0. The first-order chi connectivity index (χ1) is 7.77. The average Bonchev–Trinajstić information content (AvgIpc) is 2.30. The highest BCUT2D eigenvalue weighted by atomic mass is 35.5. The molecule has 0 aromatic heterocycles. The van der Waals surface area contributed by atoms with Gasteiger partial charge in [-0.1, -0.05) is 48.5 Å². The first kappa shape index (κ1) is 11.4. The molecule has 80 valence electrons. The van der Waals surface area contributed by atoms with Crippen LogP contribution in [-0.2, 0) is 0 Å². The minimum atomic E-state index is -0.607. The van der Waals surface area contributed by atoms with E-state index in [0.29, 0.717) is 0 Å². The third-order valence-corrected chi connectivity index (χ3v) is 2.49. The predicted octanol–water partition coefficient (Wildman–Crippen LogP) is 4.23. The number of benzene rings is 2. The highest BCUT2D eigenvalue weighted by molar-refractivity contribution is 7.35. The Kier molecular flexibility index (Phi) is 3.76. The fourth-order valence-corrected chi connectivity index (χ4v) is 1.83. The Morgan fingerprint density at radius 2 is 1.44 bits per heavy atom. The molecule has 0 bridgehead atoms. The van der Waals surface area contributed by atoms with Gasteiger partial charge < -0.3 is 5.23 Å². The molecule has 0 fully saturated rings. The van der Waals surface area contributed by atoms with Crippen LogP contribution in [0.25, 0.3) is 11.1 Å². The molecular formula is C12H10BCl2N. The Hall–Kier alpha value is -1.12. The van der Waals surface area contributed by atoms with Crippen molar-refractivity contribution in [2.24, 2.45) is 0 Å². The highest BCUT2D eigenvalue weighted by Crippen LogP contribution is 2.28. The van der Waals surface area contributed by atoms with Crippen LogP contribution in [0.15, 0.2) is 54.6 Å². The van der Waals surface area contributed by atoms with E-state index in [2.05, 4.69) is 17.4 Å². The van der Waals surface area contributed by atoms with Gasteiger partial charge in [0.2, 0.25) is 0 Å². The molecule has 0 unspecified atom stereocenters. The molecule has 0 radical (unpaired) electrons. The monoisotopic (exact) mass is 249 g/mol. The van der Waals surface area contributed by atoms with Crippen LogP contribution >= 0.6 is 22.9 Å². The summed E-state index contributed by atoms with van der Waals surface area (Å²) in [6.45, 7) is 0. The van der Waals surface area contributed by atoms with Gasteiger partial charge in [0.1, 0.15) is 0 Å². The second-order valence-electron chi connectivity index (χ2n) is 3.36. The van der Waals surface area contributed by atoms with Crippen LogP contribution < -0.4 is 5.23 Å². The third-order valence-electron chi connectivity index (χ3n) is 2.28. The van der Waals surface area contributed by atoms with Crippen LogP contribution in [0.2, 0.25) is 0 Å². The molecule has 1 N–H and O–H groups in total. The van der Waals surface area contributed by atoms with E-state index in [1.165, 1.54) is 0 Å². The molecule has 0 atom stereocenters. The largest absolute Gasteiger partial charge is 0.464 e. The number of rotatable bonds is 3. The average molecular weight is 250 g/mol. The lowest BCUT2D eigenvalue weighted by Crippen LogP contribution is -2.10. The maximum absolute atomic E-state index is 5.73. The lowest BCUT2D eigenvalue weighted by atomic mass is 10.0. The van der Waals surface area contributed by atoms with Gasteiger partial charge in [-0.15, -0.1) is 22.9 Å². The normalized spacial score (nSPS) is 9.88. The fourth-order valence-electron chi connectivity index (χ4n) is 1.60. The van der Waals surface area contributed by atoms with Crippen molar-refractivity contribution in [1.82, 2.24) is 0 Å². The van der Waals surface area contributed by atoms with Crippen LogP contribution in [0.3, 0.4) is 0 Å². The van der Waals surface area contributed by atoms with E-state index >= 15 is 0 Å². The summed E-state index contributed by atoms with van der Waals surface area (Å²) in [5.41, 5.74) is 2.56.